The van der Waals surface area contributed by atoms with Crippen LogP contribution in [0.1, 0.15) is 23.9 Å². The maximum absolute atomic E-state index is 5.56. The average Bonchev–Trinajstić information content (AvgIpc) is 2.71. The van der Waals surface area contributed by atoms with Gasteiger partial charge in [0.2, 0.25) is 0 Å². The molecule has 0 bridgehead atoms. The molecule has 0 saturated carbocycles. The minimum Gasteiger partial charge on any atom is -0.465 e. The van der Waals surface area contributed by atoms with Crippen LogP contribution in [0.2, 0.25) is 19.6 Å². The molecule has 2 rings (SSSR count). The van der Waals surface area contributed by atoms with Gasteiger partial charge in [-0.1, -0.05) is 25.7 Å². The first kappa shape index (κ1) is 14.8. The largest absolute Gasteiger partial charge is 0.465 e. The SMILES string of the molecule is CCOc1nc(C(c2ccccn2)[Si](C)(C)C)cn1C. The average molecular weight is 289 g/mol. The highest BCUT2D eigenvalue weighted by Crippen LogP contribution is 2.32. The molecular weight excluding hydrogens is 266 g/mol. The summed E-state index contributed by atoms with van der Waals surface area (Å²) in [6.07, 6.45) is 3.93. The van der Waals surface area contributed by atoms with Gasteiger partial charge in [-0.2, -0.15) is 4.98 Å². The Hall–Kier alpha value is -1.62. The lowest BCUT2D eigenvalue weighted by Gasteiger charge is -2.26. The molecule has 0 aliphatic heterocycles. The Balaban J connectivity index is 2.45. The van der Waals surface area contributed by atoms with E-state index in [1.807, 2.05) is 36.9 Å². The lowest BCUT2D eigenvalue weighted by molar-refractivity contribution is 0.302. The van der Waals surface area contributed by atoms with E-state index in [1.165, 1.54) is 0 Å². The van der Waals surface area contributed by atoms with E-state index >= 15 is 0 Å². The van der Waals surface area contributed by atoms with Crippen molar-refractivity contribution >= 4 is 8.07 Å². The van der Waals surface area contributed by atoms with Gasteiger partial charge >= 0.3 is 0 Å². The molecule has 0 aromatic carbocycles. The van der Waals surface area contributed by atoms with Gasteiger partial charge in [0.15, 0.2) is 0 Å². The Morgan fingerprint density at radius 3 is 2.55 bits per heavy atom. The number of rotatable bonds is 5. The maximum Gasteiger partial charge on any atom is 0.296 e. The van der Waals surface area contributed by atoms with Crippen LogP contribution in [0.3, 0.4) is 0 Å². The molecular formula is C15H23N3OSi. The number of hydrogen-bond donors (Lipinski definition) is 0. The highest BCUT2D eigenvalue weighted by molar-refractivity contribution is 6.78. The van der Waals surface area contributed by atoms with Gasteiger partial charge in [-0.15, -0.1) is 0 Å². The predicted octanol–water partition coefficient (Wildman–Crippen LogP) is 3.22. The van der Waals surface area contributed by atoms with Gasteiger partial charge in [-0.3, -0.25) is 4.98 Å². The van der Waals surface area contributed by atoms with Crippen molar-refractivity contribution < 1.29 is 4.74 Å². The van der Waals surface area contributed by atoms with Crippen LogP contribution in [0.15, 0.2) is 30.6 Å². The second-order valence-corrected chi connectivity index (χ2v) is 11.4. The molecule has 2 aromatic rings. The molecule has 2 aromatic heterocycles. The number of nitrogens with zero attached hydrogens (tertiary/aromatic N) is 3. The Bertz CT molecular complexity index is 560. The highest BCUT2D eigenvalue weighted by Gasteiger charge is 2.33. The first-order valence-electron chi connectivity index (χ1n) is 7.00. The molecule has 0 fully saturated rings. The summed E-state index contributed by atoms with van der Waals surface area (Å²) in [4.78, 5) is 9.23. The highest BCUT2D eigenvalue weighted by atomic mass is 28.3. The van der Waals surface area contributed by atoms with Gasteiger partial charge in [0.1, 0.15) is 0 Å². The van der Waals surface area contributed by atoms with E-state index in [1.54, 1.807) is 0 Å². The zero-order valence-electron chi connectivity index (χ0n) is 12.9. The van der Waals surface area contributed by atoms with E-state index in [9.17, 15) is 0 Å². The summed E-state index contributed by atoms with van der Waals surface area (Å²) in [5.74, 6) is 0. The molecule has 0 aliphatic rings. The second-order valence-electron chi connectivity index (χ2n) is 6.05. The van der Waals surface area contributed by atoms with E-state index < -0.39 is 8.07 Å². The third-order valence-electron chi connectivity index (χ3n) is 3.27. The Morgan fingerprint density at radius 1 is 1.25 bits per heavy atom. The van der Waals surface area contributed by atoms with Crippen LogP contribution in [0.5, 0.6) is 6.01 Å². The number of aromatic nitrogens is 3. The summed E-state index contributed by atoms with van der Waals surface area (Å²) >= 11 is 0. The summed E-state index contributed by atoms with van der Waals surface area (Å²) in [5.41, 5.74) is 2.45. The van der Waals surface area contributed by atoms with Crippen molar-refractivity contribution in [1.82, 2.24) is 14.5 Å². The smallest absolute Gasteiger partial charge is 0.296 e. The maximum atomic E-state index is 5.56. The van der Waals surface area contributed by atoms with Gasteiger partial charge in [0.05, 0.1) is 20.4 Å². The molecule has 20 heavy (non-hydrogen) atoms. The third kappa shape index (κ3) is 3.09. The van der Waals surface area contributed by atoms with Crippen molar-refractivity contribution in [1.29, 1.82) is 0 Å². The standard InChI is InChI=1S/C15H23N3OSi/c1-6-19-15-17-13(11-18(15)2)14(20(3,4)5)12-9-7-8-10-16-12/h7-11,14H,6H2,1-5H3. The van der Waals surface area contributed by atoms with Crippen LogP contribution in [0.4, 0.5) is 0 Å². The van der Waals surface area contributed by atoms with E-state index in [0.717, 1.165) is 11.4 Å². The summed E-state index contributed by atoms with van der Waals surface area (Å²) in [5, 5.41) is 0. The molecule has 5 heteroatoms. The first-order valence-corrected chi connectivity index (χ1v) is 10.6. The number of imidazole rings is 1. The second kappa shape index (κ2) is 5.79. The van der Waals surface area contributed by atoms with Gasteiger partial charge in [-0.05, 0) is 19.1 Å². The Kier molecular flexibility index (Phi) is 4.28. The van der Waals surface area contributed by atoms with Crippen LogP contribution in [0, 0.1) is 0 Å². The summed E-state index contributed by atoms with van der Waals surface area (Å²) in [6.45, 7) is 9.65. The van der Waals surface area contributed by atoms with Gasteiger partial charge in [0.25, 0.3) is 6.01 Å². The van der Waals surface area contributed by atoms with Crippen LogP contribution >= 0.6 is 0 Å². The molecule has 2 heterocycles. The lowest BCUT2D eigenvalue weighted by atomic mass is 10.2. The molecule has 0 amide bonds. The number of hydrogen-bond acceptors (Lipinski definition) is 3. The fraction of sp³-hybridized carbons (Fsp3) is 0.467. The monoisotopic (exact) mass is 289 g/mol. The number of pyridine rings is 1. The molecule has 0 radical (unpaired) electrons. The lowest BCUT2D eigenvalue weighted by Crippen LogP contribution is -2.32. The molecule has 0 aliphatic carbocycles. The fourth-order valence-corrected chi connectivity index (χ4v) is 4.54. The fourth-order valence-electron chi connectivity index (χ4n) is 2.46. The van der Waals surface area contributed by atoms with Gasteiger partial charge in [0, 0.05) is 30.7 Å². The normalized spacial score (nSPS) is 13.2. The van der Waals surface area contributed by atoms with E-state index in [0.29, 0.717) is 12.6 Å². The van der Waals surface area contributed by atoms with Crippen LogP contribution in [0.25, 0.3) is 0 Å². The van der Waals surface area contributed by atoms with Crippen molar-refractivity contribution in [3.05, 3.63) is 42.0 Å². The minimum atomic E-state index is -1.49. The Morgan fingerprint density at radius 2 is 2.00 bits per heavy atom. The summed E-state index contributed by atoms with van der Waals surface area (Å²) < 4.78 is 7.52. The van der Waals surface area contributed by atoms with Crippen molar-refractivity contribution in [2.75, 3.05) is 6.61 Å². The molecule has 1 atom stereocenters. The topological polar surface area (TPSA) is 39.9 Å². The van der Waals surface area contributed by atoms with Crippen LogP contribution in [-0.2, 0) is 7.05 Å². The minimum absolute atomic E-state index is 0.282. The number of aryl methyl sites for hydroxylation is 1. The van der Waals surface area contributed by atoms with Gasteiger partial charge < -0.3 is 9.30 Å². The summed E-state index contributed by atoms with van der Waals surface area (Å²) in [7, 11) is 0.479. The molecule has 1 unspecified atom stereocenters. The van der Waals surface area contributed by atoms with E-state index in [2.05, 4.69) is 41.9 Å². The van der Waals surface area contributed by atoms with Crippen molar-refractivity contribution in [3.63, 3.8) is 0 Å². The molecule has 0 saturated heterocycles. The van der Waals surface area contributed by atoms with Crippen molar-refractivity contribution in [2.24, 2.45) is 7.05 Å². The van der Waals surface area contributed by atoms with E-state index in [4.69, 9.17) is 4.74 Å². The van der Waals surface area contributed by atoms with Crippen molar-refractivity contribution in [2.45, 2.75) is 32.1 Å². The quantitative estimate of drug-likeness (QED) is 0.793. The van der Waals surface area contributed by atoms with Gasteiger partial charge in [-0.25, -0.2) is 0 Å². The predicted molar refractivity (Wildman–Crippen MR) is 83.8 cm³/mol. The molecule has 0 N–H and O–H groups in total. The van der Waals surface area contributed by atoms with Crippen LogP contribution < -0.4 is 4.74 Å². The molecule has 0 spiro atoms. The third-order valence-corrected chi connectivity index (χ3v) is 5.59. The molecule has 108 valence electrons. The molecule has 4 nitrogen and oxygen atoms in total. The number of ether oxygens (including phenoxy) is 1. The first-order chi connectivity index (χ1) is 9.43. The van der Waals surface area contributed by atoms with Crippen LogP contribution in [-0.4, -0.2) is 29.2 Å². The summed E-state index contributed by atoms with van der Waals surface area (Å²) in [6, 6.07) is 6.77. The zero-order chi connectivity index (χ0) is 14.8. The Labute approximate surface area is 121 Å². The van der Waals surface area contributed by atoms with Crippen molar-refractivity contribution in [3.8, 4) is 6.01 Å². The van der Waals surface area contributed by atoms with E-state index in [-0.39, 0.29) is 5.54 Å². The zero-order valence-corrected chi connectivity index (χ0v) is 13.9.